The van der Waals surface area contributed by atoms with Gasteiger partial charge in [-0.25, -0.2) is 13.8 Å². The first-order valence-electron chi connectivity index (χ1n) is 4.61. The summed E-state index contributed by atoms with van der Waals surface area (Å²) in [6.45, 7) is 0. The van der Waals surface area contributed by atoms with Crippen LogP contribution in [0.2, 0.25) is 0 Å². The molecular formula is C9H8F5N5. The van der Waals surface area contributed by atoms with Gasteiger partial charge in [0.1, 0.15) is 17.2 Å². The summed E-state index contributed by atoms with van der Waals surface area (Å²) in [6, 6.07) is 0.444. The molecular weight excluding hydrogens is 273 g/mol. The molecule has 0 aliphatic rings. The van der Waals surface area contributed by atoms with Crippen molar-refractivity contribution in [2.24, 2.45) is 27.2 Å². The highest BCUT2D eigenvalue weighted by Gasteiger charge is 2.37. The molecule has 0 aliphatic carbocycles. The number of hydrogen-bond donors (Lipinski definition) is 3. The number of nitrogens with two attached hydrogens (primary N) is 3. The summed E-state index contributed by atoms with van der Waals surface area (Å²) >= 11 is 0. The van der Waals surface area contributed by atoms with E-state index in [1.165, 1.54) is 0 Å². The van der Waals surface area contributed by atoms with Crippen molar-refractivity contribution >= 4 is 17.6 Å². The van der Waals surface area contributed by atoms with E-state index < -0.39 is 41.0 Å². The van der Waals surface area contributed by atoms with Gasteiger partial charge in [-0.3, -0.25) is 0 Å². The van der Waals surface area contributed by atoms with E-state index in [-0.39, 0.29) is 6.07 Å². The number of alkyl halides is 3. The average molecular weight is 281 g/mol. The van der Waals surface area contributed by atoms with Gasteiger partial charge >= 0.3 is 6.18 Å². The van der Waals surface area contributed by atoms with Gasteiger partial charge in [-0.05, 0) is 0 Å². The molecule has 0 fully saturated rings. The lowest BCUT2D eigenvalue weighted by atomic mass is 10.1. The second-order valence-electron chi connectivity index (χ2n) is 3.29. The Hall–Kier alpha value is -2.39. The molecule has 1 aromatic rings. The van der Waals surface area contributed by atoms with Gasteiger partial charge < -0.3 is 17.2 Å². The Morgan fingerprint density at radius 2 is 1.63 bits per heavy atom. The molecule has 0 heterocycles. The summed E-state index contributed by atoms with van der Waals surface area (Å²) in [5, 5.41) is 0. The summed E-state index contributed by atoms with van der Waals surface area (Å²) in [6.07, 6.45) is -5.07. The first kappa shape index (κ1) is 14.7. The minimum atomic E-state index is -5.07. The molecule has 0 bridgehead atoms. The number of aliphatic imine (C=N–C) groups is 2. The maximum Gasteiger partial charge on any atom is 0.421 e. The maximum atomic E-state index is 13.2. The number of halogens is 5. The third kappa shape index (κ3) is 3.79. The highest BCUT2D eigenvalue weighted by molar-refractivity contribution is 5.93. The highest BCUT2D eigenvalue weighted by Crippen LogP contribution is 2.38. The summed E-state index contributed by atoms with van der Waals surface area (Å²) in [4.78, 5) is 6.28. The van der Waals surface area contributed by atoms with Crippen molar-refractivity contribution in [3.05, 3.63) is 29.3 Å². The smallest absolute Gasteiger partial charge is 0.370 e. The Kier molecular flexibility index (Phi) is 3.92. The molecule has 1 aromatic carbocycles. The molecule has 0 radical (unpaired) electrons. The number of benzene rings is 1. The SMILES string of the molecule is NC(N)=NC(N)=Nc1cc(F)cc(F)c1C(F)(F)F. The Balaban J connectivity index is 3.46. The topological polar surface area (TPSA) is 103 Å². The van der Waals surface area contributed by atoms with E-state index in [2.05, 4.69) is 9.98 Å². The first-order valence-corrected chi connectivity index (χ1v) is 4.61. The van der Waals surface area contributed by atoms with Gasteiger partial charge in [0.2, 0.25) is 5.96 Å². The second-order valence-corrected chi connectivity index (χ2v) is 3.29. The normalized spacial score (nSPS) is 12.4. The lowest BCUT2D eigenvalue weighted by Crippen LogP contribution is -2.26. The maximum absolute atomic E-state index is 13.2. The summed E-state index contributed by atoms with van der Waals surface area (Å²) in [5.41, 5.74) is 12.1. The number of guanidine groups is 2. The molecule has 0 amide bonds. The van der Waals surface area contributed by atoms with Crippen molar-refractivity contribution in [2.75, 3.05) is 0 Å². The van der Waals surface area contributed by atoms with Crippen LogP contribution in [0, 0.1) is 11.6 Å². The lowest BCUT2D eigenvalue weighted by molar-refractivity contribution is -0.139. The van der Waals surface area contributed by atoms with Crippen LogP contribution in [-0.2, 0) is 6.18 Å². The van der Waals surface area contributed by atoms with Crippen LogP contribution >= 0.6 is 0 Å². The summed E-state index contributed by atoms with van der Waals surface area (Å²) in [7, 11) is 0. The predicted molar refractivity (Wildman–Crippen MR) is 58.5 cm³/mol. The zero-order chi connectivity index (χ0) is 14.8. The zero-order valence-corrected chi connectivity index (χ0v) is 9.17. The molecule has 0 unspecified atom stereocenters. The standard InChI is InChI=1S/C9H8F5N5/c10-3-1-4(11)6(9(12,13)14)5(2-3)18-8(17)19-7(15)16/h1-2H,(H6,15,16,17,18,19). The quantitative estimate of drug-likeness (QED) is 0.409. The van der Waals surface area contributed by atoms with Gasteiger partial charge in [0.05, 0.1) is 5.69 Å². The zero-order valence-electron chi connectivity index (χ0n) is 9.17. The predicted octanol–water partition coefficient (Wildman–Crippen LogP) is 1.20. The van der Waals surface area contributed by atoms with Crippen LogP contribution in [0.4, 0.5) is 27.6 Å². The third-order valence-corrected chi connectivity index (χ3v) is 1.80. The molecule has 1 rings (SSSR count). The molecule has 6 N–H and O–H groups in total. The van der Waals surface area contributed by atoms with Crippen LogP contribution in [0.25, 0.3) is 0 Å². The molecule has 104 valence electrons. The number of hydrogen-bond acceptors (Lipinski definition) is 1. The molecule has 0 aliphatic heterocycles. The number of nitrogens with zero attached hydrogens (tertiary/aromatic N) is 2. The second kappa shape index (κ2) is 5.08. The van der Waals surface area contributed by atoms with Gasteiger partial charge in [-0.2, -0.15) is 18.2 Å². The van der Waals surface area contributed by atoms with Crippen molar-refractivity contribution in [2.45, 2.75) is 6.18 Å². The third-order valence-electron chi connectivity index (χ3n) is 1.80. The lowest BCUT2D eigenvalue weighted by Gasteiger charge is -2.11. The highest BCUT2D eigenvalue weighted by atomic mass is 19.4. The molecule has 0 atom stereocenters. The molecule has 10 heteroatoms. The average Bonchev–Trinajstić information content (AvgIpc) is 2.10. The Bertz CT molecular complexity index is 545. The summed E-state index contributed by atoms with van der Waals surface area (Å²) in [5.74, 6) is -4.40. The summed E-state index contributed by atoms with van der Waals surface area (Å²) < 4.78 is 63.9. The fourth-order valence-electron chi connectivity index (χ4n) is 1.21. The van der Waals surface area contributed by atoms with E-state index >= 15 is 0 Å². The largest absolute Gasteiger partial charge is 0.421 e. The van der Waals surface area contributed by atoms with E-state index in [1.54, 1.807) is 0 Å². The fourth-order valence-corrected chi connectivity index (χ4v) is 1.21. The Labute approximate surface area is 103 Å². The van der Waals surface area contributed by atoms with Gasteiger partial charge in [-0.1, -0.05) is 0 Å². The first-order chi connectivity index (χ1) is 8.61. The van der Waals surface area contributed by atoms with Crippen molar-refractivity contribution in [3.8, 4) is 0 Å². The van der Waals surface area contributed by atoms with Gasteiger partial charge in [-0.15, -0.1) is 0 Å². The van der Waals surface area contributed by atoms with E-state index in [1.807, 2.05) is 0 Å². The Morgan fingerprint density at radius 3 is 2.11 bits per heavy atom. The minimum Gasteiger partial charge on any atom is -0.370 e. The molecule has 19 heavy (non-hydrogen) atoms. The van der Waals surface area contributed by atoms with Gasteiger partial charge in [0.25, 0.3) is 0 Å². The number of rotatable bonds is 1. The van der Waals surface area contributed by atoms with E-state index in [0.717, 1.165) is 0 Å². The van der Waals surface area contributed by atoms with Crippen LogP contribution in [0.15, 0.2) is 22.1 Å². The van der Waals surface area contributed by atoms with Crippen molar-refractivity contribution < 1.29 is 22.0 Å². The molecule has 0 spiro atoms. The van der Waals surface area contributed by atoms with Crippen molar-refractivity contribution in [1.82, 2.24) is 0 Å². The van der Waals surface area contributed by atoms with Crippen LogP contribution < -0.4 is 17.2 Å². The molecule has 0 aromatic heterocycles. The van der Waals surface area contributed by atoms with Crippen LogP contribution in [0.3, 0.4) is 0 Å². The fraction of sp³-hybridized carbons (Fsp3) is 0.111. The van der Waals surface area contributed by atoms with Gasteiger partial charge in [0.15, 0.2) is 5.96 Å². The van der Waals surface area contributed by atoms with E-state index in [0.29, 0.717) is 6.07 Å². The molecule has 0 saturated heterocycles. The van der Waals surface area contributed by atoms with Crippen LogP contribution in [0.1, 0.15) is 5.56 Å². The minimum absolute atomic E-state index is 0.0819. The van der Waals surface area contributed by atoms with Crippen LogP contribution in [-0.4, -0.2) is 11.9 Å². The van der Waals surface area contributed by atoms with Gasteiger partial charge in [0, 0.05) is 12.1 Å². The van der Waals surface area contributed by atoms with Crippen molar-refractivity contribution in [3.63, 3.8) is 0 Å². The molecule has 0 saturated carbocycles. The molecule has 5 nitrogen and oxygen atoms in total. The Morgan fingerprint density at radius 1 is 1.05 bits per heavy atom. The van der Waals surface area contributed by atoms with E-state index in [4.69, 9.17) is 17.2 Å². The monoisotopic (exact) mass is 281 g/mol. The van der Waals surface area contributed by atoms with E-state index in [9.17, 15) is 22.0 Å². The van der Waals surface area contributed by atoms with Crippen molar-refractivity contribution in [1.29, 1.82) is 0 Å². The van der Waals surface area contributed by atoms with Crippen LogP contribution in [0.5, 0.6) is 0 Å².